The Kier molecular flexibility index (Phi) is 5.11. The summed E-state index contributed by atoms with van der Waals surface area (Å²) in [5.41, 5.74) is 0. The van der Waals surface area contributed by atoms with E-state index in [4.69, 9.17) is 0 Å². The maximum atomic E-state index is 10.1. The first-order valence-corrected chi connectivity index (χ1v) is 4.87. The Hall–Kier alpha value is 0.570. The van der Waals surface area contributed by atoms with Crippen LogP contribution in [0.4, 0.5) is 0 Å². The molecule has 2 N–H and O–H groups in total. The van der Waals surface area contributed by atoms with Gasteiger partial charge in [-0.25, -0.2) is 0 Å². The zero-order chi connectivity index (χ0) is 5.70. The third kappa shape index (κ3) is 4.42. The Balaban J connectivity index is 2.83. The van der Waals surface area contributed by atoms with E-state index in [9.17, 15) is 5.21 Å². The minimum atomic E-state index is -0.324. The fraction of sp³-hybridized carbons (Fsp3) is 1.00. The molecule has 7 heavy (non-hydrogen) atoms. The summed E-state index contributed by atoms with van der Waals surface area (Å²) < 4.78 is 2.54. The Bertz CT molecular complexity index is 44.7. The molecule has 0 fully saturated rings. The van der Waals surface area contributed by atoms with Gasteiger partial charge in [-0.3, -0.25) is 0 Å². The van der Waals surface area contributed by atoms with Crippen LogP contribution < -0.4 is 30.5 Å². The summed E-state index contributed by atoms with van der Waals surface area (Å²) in [6.07, 6.45) is 0. The van der Waals surface area contributed by atoms with Gasteiger partial charge in [0.1, 0.15) is 0 Å². The maximum absolute atomic E-state index is 10.1. The van der Waals surface area contributed by atoms with E-state index in [0.717, 1.165) is 0 Å². The van der Waals surface area contributed by atoms with Crippen LogP contribution >= 0.6 is 0 Å². The van der Waals surface area contributed by atoms with Gasteiger partial charge in [0.25, 0.3) is 0 Å². The van der Waals surface area contributed by atoms with Crippen LogP contribution in [0.25, 0.3) is 0 Å². The summed E-state index contributed by atoms with van der Waals surface area (Å²) in [6, 6.07) is 0. The van der Waals surface area contributed by atoms with Gasteiger partial charge in [0, 0.05) is 0 Å². The molecule has 0 saturated carbocycles. The third-order valence-electron chi connectivity index (χ3n) is 0.357. The summed E-state index contributed by atoms with van der Waals surface area (Å²) >= 11 is -0.164. The zero-order valence-corrected chi connectivity index (χ0v) is 6.35. The molecule has 0 aromatic rings. The molecule has 0 heterocycles. The van der Waals surface area contributed by atoms with E-state index >= 15 is 0 Å². The van der Waals surface area contributed by atoms with Gasteiger partial charge in [-0.2, -0.15) is 0 Å². The van der Waals surface area contributed by atoms with Gasteiger partial charge in [0.05, 0.1) is 0 Å². The number of quaternary nitrogens is 1. The molecule has 0 bridgehead atoms. The van der Waals surface area contributed by atoms with Crippen LogP contribution in [-0.4, -0.2) is 12.0 Å². The molecule has 0 aromatic carbocycles. The molecule has 0 aromatic heterocycles. The Morgan fingerprint density at radius 2 is 2.43 bits per heavy atom. The number of hydrogen-bond donors (Lipinski definition) is 2. The third-order valence-corrected chi connectivity index (χ3v) is 1.34. The van der Waals surface area contributed by atoms with Crippen molar-refractivity contribution in [3.8, 4) is 0 Å². The van der Waals surface area contributed by atoms with E-state index in [-0.39, 0.29) is 26.8 Å². The molecule has 5 heteroatoms. The predicted octanol–water partition coefficient (Wildman–Crippen LogP) is -4.93. The van der Waals surface area contributed by atoms with Gasteiger partial charge < -0.3 is 0 Å². The monoisotopic (exact) mass is 219 g/mol. The standard InChI is InChI=1S/C2H8IN2O2/c1-3-4-5(6)7-2/h4-5H,1-2H3/q-1. The minimum absolute atomic E-state index is 0.164. The first-order chi connectivity index (χ1) is 3.31. The molecule has 0 aliphatic rings. The van der Waals surface area contributed by atoms with Crippen molar-refractivity contribution in [3.05, 3.63) is 5.21 Å². The Morgan fingerprint density at radius 3 is 2.57 bits per heavy atom. The van der Waals surface area contributed by atoms with Crippen LogP contribution in [0, 0.1) is 5.21 Å². The molecule has 46 valence electrons. The van der Waals surface area contributed by atoms with E-state index in [1.165, 1.54) is 7.11 Å². The van der Waals surface area contributed by atoms with Crippen molar-refractivity contribution in [1.29, 1.82) is 0 Å². The summed E-state index contributed by atoms with van der Waals surface area (Å²) in [6.45, 7) is 0. The van der Waals surface area contributed by atoms with Crippen LogP contribution in [0.1, 0.15) is 0 Å². The van der Waals surface area contributed by atoms with Gasteiger partial charge in [0.15, 0.2) is 0 Å². The first kappa shape index (κ1) is 7.57. The van der Waals surface area contributed by atoms with Crippen molar-refractivity contribution < 1.29 is 31.7 Å². The van der Waals surface area contributed by atoms with Crippen molar-refractivity contribution in [2.75, 3.05) is 12.0 Å². The molecule has 4 nitrogen and oxygen atoms in total. The molecule has 0 amide bonds. The van der Waals surface area contributed by atoms with Crippen molar-refractivity contribution >= 4 is 0 Å². The Labute approximate surface area is 52.9 Å². The molecule has 0 radical (unpaired) electrons. The molecule has 0 aliphatic heterocycles. The second kappa shape index (κ2) is 4.72. The van der Waals surface area contributed by atoms with Gasteiger partial charge in [0.2, 0.25) is 0 Å². The van der Waals surface area contributed by atoms with Crippen molar-refractivity contribution in [3.63, 3.8) is 0 Å². The summed E-state index contributed by atoms with van der Waals surface area (Å²) in [5, 5.41) is 9.78. The van der Waals surface area contributed by atoms with E-state index in [0.29, 0.717) is 0 Å². The molecule has 0 rings (SSSR count). The second-order valence-electron chi connectivity index (χ2n) is 0.775. The predicted molar refractivity (Wildman–Crippen MR) is 20.4 cm³/mol. The van der Waals surface area contributed by atoms with Gasteiger partial charge >= 0.3 is 52.5 Å². The van der Waals surface area contributed by atoms with E-state index < -0.39 is 0 Å². The molecular formula is C2H8IN2O2-. The van der Waals surface area contributed by atoms with Crippen LogP contribution in [-0.2, 0) is 4.84 Å². The van der Waals surface area contributed by atoms with Crippen molar-refractivity contribution in [2.24, 2.45) is 0 Å². The van der Waals surface area contributed by atoms with Crippen LogP contribution in [0.5, 0.6) is 0 Å². The van der Waals surface area contributed by atoms with Crippen molar-refractivity contribution in [2.45, 2.75) is 0 Å². The zero-order valence-electron chi connectivity index (χ0n) is 4.19. The molecule has 1 unspecified atom stereocenters. The number of rotatable bonds is 3. The number of halogens is 1. The molecule has 0 spiro atoms. The van der Waals surface area contributed by atoms with Gasteiger partial charge in [-0.15, -0.1) is 0 Å². The second-order valence-corrected chi connectivity index (χ2v) is 2.39. The van der Waals surface area contributed by atoms with E-state index in [1.54, 1.807) is 0 Å². The molecule has 0 aliphatic carbocycles. The summed E-state index contributed by atoms with van der Waals surface area (Å²) in [4.78, 5) is 6.21. The SMILES string of the molecule is CO[NH+]([O-])N[I-]C. The number of hydrogen-bond acceptors (Lipinski definition) is 3. The van der Waals surface area contributed by atoms with Crippen LogP contribution in [0.2, 0.25) is 0 Å². The fourth-order valence-corrected chi connectivity index (χ4v) is 0.776. The summed E-state index contributed by atoms with van der Waals surface area (Å²) in [5.74, 6) is 0. The number of nitrogens with one attached hydrogen (secondary N) is 2. The van der Waals surface area contributed by atoms with Gasteiger partial charge in [-0.05, 0) is 0 Å². The molecule has 1 atom stereocenters. The van der Waals surface area contributed by atoms with E-state index in [1.807, 2.05) is 4.93 Å². The van der Waals surface area contributed by atoms with Crippen molar-refractivity contribution in [1.82, 2.24) is 3.64 Å². The number of alkyl halides is 1. The van der Waals surface area contributed by atoms with Crippen LogP contribution in [0.15, 0.2) is 0 Å². The van der Waals surface area contributed by atoms with E-state index in [2.05, 4.69) is 8.48 Å². The molecular weight excluding hydrogens is 211 g/mol. The quantitative estimate of drug-likeness (QED) is 0.216. The fourth-order valence-electron chi connectivity index (χ4n) is 0.116. The average molecular weight is 219 g/mol. The van der Waals surface area contributed by atoms with Crippen LogP contribution in [0.3, 0.4) is 0 Å². The normalized spacial score (nSPS) is 14.7. The Morgan fingerprint density at radius 1 is 1.86 bits per heavy atom. The molecule has 0 saturated heterocycles. The topological polar surface area (TPSA) is 48.8 Å². The first-order valence-electron chi connectivity index (χ1n) is 1.63. The van der Waals surface area contributed by atoms with Gasteiger partial charge in [-0.1, -0.05) is 0 Å². The summed E-state index contributed by atoms with van der Waals surface area (Å²) in [7, 11) is 1.36. The average Bonchev–Trinajstić information content (AvgIpc) is 1.68.